The lowest BCUT2D eigenvalue weighted by Gasteiger charge is -2.22. The zero-order chi connectivity index (χ0) is 13.7. The van der Waals surface area contributed by atoms with E-state index in [1.807, 2.05) is 44.1 Å². The van der Waals surface area contributed by atoms with Gasteiger partial charge in [0.1, 0.15) is 5.82 Å². The number of aliphatic imine (C=N–C) groups is 1. The third-order valence-electron chi connectivity index (χ3n) is 2.37. The second-order valence-corrected chi connectivity index (χ2v) is 4.32. The SMILES string of the molecule is CN(C)C(=NCc1cc(C#N)ccc1F)N(C)C. The summed E-state index contributed by atoms with van der Waals surface area (Å²) in [4.78, 5) is 8.05. The van der Waals surface area contributed by atoms with Gasteiger partial charge in [-0.2, -0.15) is 5.26 Å². The van der Waals surface area contributed by atoms with Gasteiger partial charge in [0, 0.05) is 33.8 Å². The lowest BCUT2D eigenvalue weighted by molar-refractivity contribution is 0.478. The highest BCUT2D eigenvalue weighted by Crippen LogP contribution is 2.11. The van der Waals surface area contributed by atoms with Crippen LogP contribution in [0.1, 0.15) is 11.1 Å². The third-order valence-corrected chi connectivity index (χ3v) is 2.37. The van der Waals surface area contributed by atoms with Gasteiger partial charge in [0.05, 0.1) is 18.2 Å². The van der Waals surface area contributed by atoms with Gasteiger partial charge in [0.15, 0.2) is 5.96 Å². The van der Waals surface area contributed by atoms with Crippen LogP contribution < -0.4 is 0 Å². The predicted octanol–water partition coefficient (Wildman–Crippen LogP) is 1.68. The van der Waals surface area contributed by atoms with Crippen molar-refractivity contribution in [2.75, 3.05) is 28.2 Å². The molecule has 0 aromatic heterocycles. The number of benzene rings is 1. The Balaban J connectivity index is 2.97. The number of nitrogens with zero attached hydrogens (tertiary/aromatic N) is 4. The summed E-state index contributed by atoms with van der Waals surface area (Å²) in [5.41, 5.74) is 0.869. The van der Waals surface area contributed by atoms with E-state index in [-0.39, 0.29) is 12.4 Å². The molecule has 0 saturated heterocycles. The van der Waals surface area contributed by atoms with Gasteiger partial charge in [-0.3, -0.25) is 0 Å². The molecule has 0 saturated carbocycles. The Morgan fingerprint density at radius 3 is 2.39 bits per heavy atom. The normalized spacial score (nSPS) is 9.56. The van der Waals surface area contributed by atoms with E-state index < -0.39 is 0 Å². The van der Waals surface area contributed by atoms with Crippen LogP contribution in [0.15, 0.2) is 23.2 Å². The van der Waals surface area contributed by atoms with Crippen molar-refractivity contribution in [1.29, 1.82) is 5.26 Å². The summed E-state index contributed by atoms with van der Waals surface area (Å²) in [6, 6.07) is 6.28. The molecule has 0 bridgehead atoms. The van der Waals surface area contributed by atoms with E-state index in [1.54, 1.807) is 0 Å². The Morgan fingerprint density at radius 2 is 1.89 bits per heavy atom. The monoisotopic (exact) mass is 248 g/mol. The van der Waals surface area contributed by atoms with Gasteiger partial charge in [-0.15, -0.1) is 0 Å². The molecule has 0 fully saturated rings. The zero-order valence-electron chi connectivity index (χ0n) is 11.1. The van der Waals surface area contributed by atoms with E-state index >= 15 is 0 Å². The molecule has 0 radical (unpaired) electrons. The van der Waals surface area contributed by atoms with E-state index in [0.717, 1.165) is 5.96 Å². The molecule has 5 heteroatoms. The molecule has 0 spiro atoms. The maximum absolute atomic E-state index is 13.6. The Morgan fingerprint density at radius 1 is 1.28 bits per heavy atom. The summed E-state index contributed by atoms with van der Waals surface area (Å²) in [5.74, 6) is 0.409. The smallest absolute Gasteiger partial charge is 0.195 e. The van der Waals surface area contributed by atoms with Crippen LogP contribution in [0.4, 0.5) is 4.39 Å². The van der Waals surface area contributed by atoms with Gasteiger partial charge < -0.3 is 9.80 Å². The molecule has 0 N–H and O–H groups in total. The number of rotatable bonds is 2. The molecule has 1 aromatic carbocycles. The van der Waals surface area contributed by atoms with Crippen molar-refractivity contribution in [3.05, 3.63) is 35.1 Å². The molecule has 0 aliphatic heterocycles. The summed E-state index contributed by atoms with van der Waals surface area (Å²) in [5, 5.41) is 8.78. The Labute approximate surface area is 107 Å². The molecule has 0 atom stereocenters. The minimum Gasteiger partial charge on any atom is -0.349 e. The second-order valence-electron chi connectivity index (χ2n) is 4.32. The van der Waals surface area contributed by atoms with Gasteiger partial charge >= 0.3 is 0 Å². The van der Waals surface area contributed by atoms with Crippen LogP contribution in [0.2, 0.25) is 0 Å². The molecule has 4 nitrogen and oxygen atoms in total. The molecule has 1 rings (SSSR count). The van der Waals surface area contributed by atoms with Gasteiger partial charge in [-0.25, -0.2) is 9.38 Å². The molecule has 1 aromatic rings. The largest absolute Gasteiger partial charge is 0.349 e. The van der Waals surface area contributed by atoms with E-state index in [4.69, 9.17) is 5.26 Å². The molecule has 0 heterocycles. The minimum absolute atomic E-state index is 0.215. The van der Waals surface area contributed by atoms with E-state index in [9.17, 15) is 4.39 Å². The molecule has 96 valence electrons. The van der Waals surface area contributed by atoms with Crippen LogP contribution >= 0.6 is 0 Å². The van der Waals surface area contributed by atoms with Gasteiger partial charge in [-0.1, -0.05) is 0 Å². The highest BCUT2D eigenvalue weighted by Gasteiger charge is 2.07. The highest BCUT2D eigenvalue weighted by atomic mass is 19.1. The lowest BCUT2D eigenvalue weighted by atomic mass is 10.1. The fourth-order valence-electron chi connectivity index (χ4n) is 1.60. The molecule has 0 aliphatic rings. The number of guanidine groups is 1. The zero-order valence-corrected chi connectivity index (χ0v) is 11.1. The molecule has 0 unspecified atom stereocenters. The molecule has 0 aliphatic carbocycles. The Hall–Kier alpha value is -2.09. The van der Waals surface area contributed by atoms with Crippen molar-refractivity contribution in [1.82, 2.24) is 9.80 Å². The fourth-order valence-corrected chi connectivity index (χ4v) is 1.60. The van der Waals surface area contributed by atoms with Crippen molar-refractivity contribution in [2.45, 2.75) is 6.54 Å². The number of halogens is 1. The van der Waals surface area contributed by atoms with Crippen LogP contribution in [-0.4, -0.2) is 44.0 Å². The van der Waals surface area contributed by atoms with Crippen molar-refractivity contribution < 1.29 is 4.39 Å². The van der Waals surface area contributed by atoms with E-state index in [2.05, 4.69) is 4.99 Å². The Kier molecular flexibility index (Phi) is 4.67. The summed E-state index contributed by atoms with van der Waals surface area (Å²) in [7, 11) is 7.50. The molecular weight excluding hydrogens is 231 g/mol. The fraction of sp³-hybridized carbons (Fsp3) is 0.385. The van der Waals surface area contributed by atoms with Crippen LogP contribution in [-0.2, 0) is 6.54 Å². The first-order chi connectivity index (χ1) is 8.45. The number of hydrogen-bond donors (Lipinski definition) is 0. The lowest BCUT2D eigenvalue weighted by Crippen LogP contribution is -2.35. The maximum atomic E-state index is 13.6. The van der Waals surface area contributed by atoms with Crippen LogP contribution in [0, 0.1) is 17.1 Å². The van der Waals surface area contributed by atoms with Gasteiger partial charge in [0.2, 0.25) is 0 Å². The quantitative estimate of drug-likeness (QED) is 0.590. The minimum atomic E-state index is -0.338. The second kappa shape index (κ2) is 6.01. The highest BCUT2D eigenvalue weighted by molar-refractivity contribution is 5.79. The molecule has 18 heavy (non-hydrogen) atoms. The van der Waals surface area contributed by atoms with Crippen molar-refractivity contribution in [3.63, 3.8) is 0 Å². The molecular formula is C13H17FN4. The third kappa shape index (κ3) is 3.45. The summed E-state index contributed by atoms with van der Waals surface area (Å²) < 4.78 is 13.6. The number of nitriles is 1. The van der Waals surface area contributed by atoms with Crippen LogP contribution in [0.25, 0.3) is 0 Å². The average molecular weight is 248 g/mol. The van der Waals surface area contributed by atoms with Gasteiger partial charge in [0.25, 0.3) is 0 Å². The van der Waals surface area contributed by atoms with Gasteiger partial charge in [-0.05, 0) is 18.2 Å². The average Bonchev–Trinajstić information content (AvgIpc) is 2.30. The van der Waals surface area contributed by atoms with Crippen molar-refractivity contribution in [2.24, 2.45) is 4.99 Å². The van der Waals surface area contributed by atoms with E-state index in [0.29, 0.717) is 11.1 Å². The summed E-state index contributed by atoms with van der Waals surface area (Å²) in [6.07, 6.45) is 0. The first-order valence-corrected chi connectivity index (χ1v) is 5.53. The molecule has 0 amide bonds. The Bertz CT molecular complexity index is 476. The first kappa shape index (κ1) is 14.0. The standard InChI is InChI=1S/C13H17FN4/c1-17(2)13(18(3)4)16-9-11-7-10(8-15)5-6-12(11)14/h5-7H,9H2,1-4H3. The predicted molar refractivity (Wildman–Crippen MR) is 69.6 cm³/mol. The van der Waals surface area contributed by atoms with Crippen molar-refractivity contribution in [3.8, 4) is 6.07 Å². The summed E-state index contributed by atoms with van der Waals surface area (Å²) in [6.45, 7) is 0.215. The summed E-state index contributed by atoms with van der Waals surface area (Å²) >= 11 is 0. The first-order valence-electron chi connectivity index (χ1n) is 5.53. The number of hydrogen-bond acceptors (Lipinski definition) is 2. The van der Waals surface area contributed by atoms with Crippen LogP contribution in [0.5, 0.6) is 0 Å². The van der Waals surface area contributed by atoms with Crippen LogP contribution in [0.3, 0.4) is 0 Å². The van der Waals surface area contributed by atoms with E-state index in [1.165, 1.54) is 18.2 Å². The topological polar surface area (TPSA) is 42.6 Å². The maximum Gasteiger partial charge on any atom is 0.195 e. The van der Waals surface area contributed by atoms with Crippen molar-refractivity contribution >= 4 is 5.96 Å².